The maximum absolute atomic E-state index is 11.4. The van der Waals surface area contributed by atoms with Crippen LogP contribution in [0, 0.1) is 45.3 Å². The van der Waals surface area contributed by atoms with Crippen molar-refractivity contribution in [2.45, 2.75) is 0 Å². The Balaban J connectivity index is 1.61. The van der Waals surface area contributed by atoms with Crippen molar-refractivity contribution in [3.05, 3.63) is 168 Å². The lowest BCUT2D eigenvalue weighted by atomic mass is 9.86. The van der Waals surface area contributed by atoms with E-state index in [2.05, 4.69) is 81.9 Å². The number of hydrogen-bond acceptors (Lipinski definition) is 4. The topological polar surface area (TPSA) is 105 Å². The third-order valence-corrected chi connectivity index (χ3v) is 9.88. The molecule has 9 aromatic rings. The zero-order chi connectivity index (χ0) is 35.3. The van der Waals surface area contributed by atoms with Gasteiger partial charge in [0.05, 0.1) is 67.8 Å². The summed E-state index contributed by atoms with van der Waals surface area (Å²) in [5.41, 5.74) is 8.96. The molecule has 7 aromatic carbocycles. The number of aromatic nitrogens is 2. The van der Waals surface area contributed by atoms with E-state index in [1.54, 1.807) is 24.3 Å². The van der Waals surface area contributed by atoms with Crippen molar-refractivity contribution in [1.82, 2.24) is 9.13 Å². The molecule has 0 N–H and O–H groups in total. The molecule has 9 rings (SSSR count). The van der Waals surface area contributed by atoms with Gasteiger partial charge in [0.25, 0.3) is 0 Å². The fraction of sp³-hybridized carbons (Fsp3) is 0. The van der Waals surface area contributed by atoms with Crippen molar-refractivity contribution in [3.8, 4) is 57.9 Å². The van der Waals surface area contributed by atoms with Gasteiger partial charge in [-0.3, -0.25) is 0 Å². The van der Waals surface area contributed by atoms with E-state index in [4.69, 9.17) is 0 Å². The molecule has 6 nitrogen and oxygen atoms in total. The molecule has 0 amide bonds. The van der Waals surface area contributed by atoms with Crippen LogP contribution >= 0.6 is 0 Å². The first kappa shape index (κ1) is 30.2. The predicted octanol–water partition coefficient (Wildman–Crippen LogP) is 10.7. The summed E-state index contributed by atoms with van der Waals surface area (Å²) in [6, 6.07) is 56.5. The third kappa shape index (κ3) is 4.33. The van der Waals surface area contributed by atoms with Gasteiger partial charge in [0, 0.05) is 32.7 Å². The second kappa shape index (κ2) is 11.9. The minimum atomic E-state index is 0.316. The molecule has 0 aliphatic rings. The molecule has 0 bridgehead atoms. The normalized spacial score (nSPS) is 11.0. The minimum Gasteiger partial charge on any atom is -0.307 e. The molecule has 0 saturated carbocycles. The Labute approximate surface area is 298 Å². The lowest BCUT2D eigenvalue weighted by molar-refractivity contribution is 1.12. The average molecular weight is 661 g/mol. The van der Waals surface area contributed by atoms with E-state index >= 15 is 0 Å². The predicted molar refractivity (Wildman–Crippen MR) is 205 cm³/mol. The monoisotopic (exact) mass is 660 g/mol. The molecule has 0 atom stereocenters. The van der Waals surface area contributed by atoms with Crippen LogP contribution in [-0.2, 0) is 0 Å². The summed E-state index contributed by atoms with van der Waals surface area (Å²) < 4.78 is 4.28. The molecule has 0 aliphatic carbocycles. The highest BCUT2D eigenvalue weighted by atomic mass is 15.0. The Bertz CT molecular complexity index is 2840. The van der Waals surface area contributed by atoms with Crippen LogP contribution in [0.5, 0.6) is 0 Å². The van der Waals surface area contributed by atoms with Crippen molar-refractivity contribution in [1.29, 1.82) is 21.0 Å². The van der Waals surface area contributed by atoms with Crippen LogP contribution in [0.25, 0.3) is 77.2 Å². The van der Waals surface area contributed by atoms with Crippen molar-refractivity contribution in [3.63, 3.8) is 0 Å². The Morgan fingerprint density at radius 2 is 0.635 bits per heavy atom. The molecule has 6 heteroatoms. The Morgan fingerprint density at radius 1 is 0.327 bits per heavy atom. The quantitative estimate of drug-likeness (QED) is 0.187. The highest BCUT2D eigenvalue weighted by molar-refractivity contribution is 6.13. The molecular weight excluding hydrogens is 637 g/mol. The van der Waals surface area contributed by atoms with Gasteiger partial charge in [-0.25, -0.2) is 0 Å². The molecule has 0 spiro atoms. The van der Waals surface area contributed by atoms with E-state index in [0.717, 1.165) is 49.2 Å². The molecule has 52 heavy (non-hydrogen) atoms. The maximum Gasteiger partial charge on any atom is 0.102 e. The van der Waals surface area contributed by atoms with Crippen LogP contribution in [0.2, 0.25) is 0 Å². The van der Waals surface area contributed by atoms with Gasteiger partial charge in [-0.1, -0.05) is 97.1 Å². The summed E-state index contributed by atoms with van der Waals surface area (Å²) in [4.78, 5) is 0. The summed E-state index contributed by atoms with van der Waals surface area (Å²) >= 11 is 0. The van der Waals surface area contributed by atoms with Crippen molar-refractivity contribution in [2.75, 3.05) is 0 Å². The summed E-state index contributed by atoms with van der Waals surface area (Å²) in [5, 5.41) is 46.3. The third-order valence-electron chi connectivity index (χ3n) is 9.88. The molecule has 2 heterocycles. The largest absolute Gasteiger partial charge is 0.307 e. The minimum absolute atomic E-state index is 0.316. The van der Waals surface area contributed by atoms with Gasteiger partial charge >= 0.3 is 0 Å². The lowest BCUT2D eigenvalue weighted by Crippen LogP contribution is -2.11. The first-order valence-electron chi connectivity index (χ1n) is 16.7. The van der Waals surface area contributed by atoms with E-state index in [-0.39, 0.29) is 0 Å². The number of rotatable bonds is 4. The fourth-order valence-electron chi connectivity index (χ4n) is 7.70. The molecule has 0 fully saturated rings. The molecular formula is C46H24N6. The van der Waals surface area contributed by atoms with Gasteiger partial charge in [0.1, 0.15) is 12.1 Å². The van der Waals surface area contributed by atoms with E-state index in [9.17, 15) is 21.0 Å². The van der Waals surface area contributed by atoms with Crippen LogP contribution in [0.4, 0.5) is 0 Å². The Morgan fingerprint density at radius 3 is 0.942 bits per heavy atom. The number of hydrogen-bond donors (Lipinski definition) is 0. The number of fused-ring (bicyclic) bond motifs is 6. The second-order valence-corrected chi connectivity index (χ2v) is 12.5. The van der Waals surface area contributed by atoms with E-state index < -0.39 is 0 Å². The first-order valence-corrected chi connectivity index (χ1v) is 16.7. The first-order chi connectivity index (χ1) is 25.7. The molecule has 0 unspecified atom stereocenters. The van der Waals surface area contributed by atoms with Crippen molar-refractivity contribution in [2.24, 2.45) is 0 Å². The molecule has 238 valence electrons. The zero-order valence-corrected chi connectivity index (χ0v) is 27.5. The van der Waals surface area contributed by atoms with Gasteiger partial charge in [0.2, 0.25) is 0 Å². The van der Waals surface area contributed by atoms with Gasteiger partial charge in [-0.15, -0.1) is 0 Å². The van der Waals surface area contributed by atoms with Crippen LogP contribution in [0.15, 0.2) is 146 Å². The maximum atomic E-state index is 11.4. The lowest BCUT2D eigenvalue weighted by Gasteiger charge is -2.25. The van der Waals surface area contributed by atoms with Crippen molar-refractivity contribution < 1.29 is 0 Å². The molecule has 0 saturated heterocycles. The fourth-order valence-corrected chi connectivity index (χ4v) is 7.70. The summed E-state index contributed by atoms with van der Waals surface area (Å²) in [6.45, 7) is 0. The smallest absolute Gasteiger partial charge is 0.102 e. The van der Waals surface area contributed by atoms with E-state index in [1.165, 1.54) is 0 Å². The Hall–Kier alpha value is -7.90. The van der Waals surface area contributed by atoms with Crippen LogP contribution in [0.3, 0.4) is 0 Å². The summed E-state index contributed by atoms with van der Waals surface area (Å²) in [7, 11) is 0. The van der Waals surface area contributed by atoms with E-state index in [0.29, 0.717) is 50.3 Å². The SMILES string of the molecule is N#Cc1ccc(-c2c(C#N)c(-n3c4ccccc4c4ccccc43)c(-c3ccc(C#N)cc3)c(-n3c4ccccc4c4ccccc43)c2C#N)cc1. The number of benzene rings is 7. The Kier molecular flexibility index (Phi) is 6.91. The molecule has 2 aromatic heterocycles. The van der Waals surface area contributed by atoms with Crippen LogP contribution < -0.4 is 0 Å². The highest BCUT2D eigenvalue weighted by Crippen LogP contribution is 2.48. The average Bonchev–Trinajstić information content (AvgIpc) is 3.72. The van der Waals surface area contributed by atoms with Crippen molar-refractivity contribution >= 4 is 43.6 Å². The molecule has 0 aliphatic heterocycles. The van der Waals surface area contributed by atoms with Crippen LogP contribution in [-0.4, -0.2) is 9.13 Å². The number of para-hydroxylation sites is 4. The summed E-state index contributed by atoms with van der Waals surface area (Å²) in [6.07, 6.45) is 0. The van der Waals surface area contributed by atoms with Gasteiger partial charge in [-0.05, 0) is 59.7 Å². The highest BCUT2D eigenvalue weighted by Gasteiger charge is 2.31. The van der Waals surface area contributed by atoms with Crippen LogP contribution in [0.1, 0.15) is 22.3 Å². The van der Waals surface area contributed by atoms with Gasteiger partial charge < -0.3 is 9.13 Å². The molecule has 0 radical (unpaired) electrons. The zero-order valence-electron chi connectivity index (χ0n) is 27.5. The standard InChI is InChI=1S/C46H24N6/c47-25-29-17-21-31(22-18-29)43-37(27-49)45(51-39-13-5-1-9-33(39)34-10-2-6-14-40(34)51)44(32-23-19-30(26-48)20-24-32)46(38(43)28-50)52-41-15-7-3-11-35(41)36-12-4-8-16-42(36)52/h1-24H. The van der Waals surface area contributed by atoms with E-state index in [1.807, 2.05) is 72.8 Å². The second-order valence-electron chi connectivity index (χ2n) is 12.5. The number of nitrogens with zero attached hydrogens (tertiary/aromatic N) is 6. The summed E-state index contributed by atoms with van der Waals surface area (Å²) in [5.74, 6) is 0. The van der Waals surface area contributed by atoms with Gasteiger partial charge in [0.15, 0.2) is 0 Å². The van der Waals surface area contributed by atoms with Gasteiger partial charge in [-0.2, -0.15) is 21.0 Å². The number of nitriles is 4.